The Morgan fingerprint density at radius 3 is 1.47 bits per heavy atom. The zero-order chi connectivity index (χ0) is 38.7. The van der Waals surface area contributed by atoms with E-state index in [4.69, 9.17) is 0 Å². The standard InChI is InChI=1S/C57H41N/c1-56(42-19-6-2-7-20-42)50-29-16-14-27-47(50)48-38-35-41(39-53(48)56)40-33-36-46(37-34-40)58(45-25-12-5-13-26-45)54-32-18-31-52-55(54)49-28-15-17-30-51(49)57(52,43-21-8-3-9-22-43)44-23-10-4-11-24-44/h2-39H,1H3. The lowest BCUT2D eigenvalue weighted by Gasteiger charge is -2.34. The number of anilines is 3. The molecule has 0 heterocycles. The van der Waals surface area contributed by atoms with Gasteiger partial charge in [0.2, 0.25) is 0 Å². The number of hydrogen-bond acceptors (Lipinski definition) is 1. The third-order valence-electron chi connectivity index (χ3n) is 12.8. The monoisotopic (exact) mass is 739 g/mol. The van der Waals surface area contributed by atoms with Gasteiger partial charge in [-0.25, -0.2) is 0 Å². The van der Waals surface area contributed by atoms with Crippen LogP contribution in [0.1, 0.15) is 45.9 Å². The summed E-state index contributed by atoms with van der Waals surface area (Å²) >= 11 is 0. The molecule has 0 spiro atoms. The van der Waals surface area contributed by atoms with Crippen LogP contribution >= 0.6 is 0 Å². The molecule has 2 aliphatic rings. The van der Waals surface area contributed by atoms with Crippen molar-refractivity contribution in [3.8, 4) is 33.4 Å². The van der Waals surface area contributed by atoms with Gasteiger partial charge in [0.1, 0.15) is 0 Å². The molecule has 0 bridgehead atoms. The Hall–Kier alpha value is -7.22. The smallest absolute Gasteiger partial charge is 0.0714 e. The molecule has 0 saturated heterocycles. The van der Waals surface area contributed by atoms with E-state index >= 15 is 0 Å². The van der Waals surface area contributed by atoms with Crippen LogP contribution in [-0.4, -0.2) is 0 Å². The van der Waals surface area contributed by atoms with Crippen LogP contribution in [0.25, 0.3) is 33.4 Å². The van der Waals surface area contributed by atoms with Crippen LogP contribution in [0.5, 0.6) is 0 Å². The zero-order valence-electron chi connectivity index (χ0n) is 32.4. The number of benzene rings is 9. The van der Waals surface area contributed by atoms with Gasteiger partial charge in [0.25, 0.3) is 0 Å². The van der Waals surface area contributed by atoms with Gasteiger partial charge in [0.05, 0.1) is 11.1 Å². The zero-order valence-corrected chi connectivity index (χ0v) is 32.4. The molecule has 2 aliphatic carbocycles. The first-order valence-corrected chi connectivity index (χ1v) is 20.3. The molecular formula is C57H41N. The maximum Gasteiger partial charge on any atom is 0.0714 e. The topological polar surface area (TPSA) is 3.24 Å². The minimum Gasteiger partial charge on any atom is -0.310 e. The second-order valence-corrected chi connectivity index (χ2v) is 15.7. The van der Waals surface area contributed by atoms with Crippen LogP contribution in [-0.2, 0) is 10.8 Å². The molecule has 0 N–H and O–H groups in total. The van der Waals surface area contributed by atoms with Crippen LogP contribution in [0.15, 0.2) is 231 Å². The molecule has 58 heavy (non-hydrogen) atoms. The Kier molecular flexibility index (Phi) is 7.91. The highest BCUT2D eigenvalue weighted by Gasteiger charge is 2.47. The number of rotatable bonds is 7. The highest BCUT2D eigenvalue weighted by Crippen LogP contribution is 2.59. The van der Waals surface area contributed by atoms with Crippen molar-refractivity contribution in [1.82, 2.24) is 0 Å². The lowest BCUT2D eigenvalue weighted by atomic mass is 9.68. The van der Waals surface area contributed by atoms with Crippen molar-refractivity contribution in [2.45, 2.75) is 17.8 Å². The van der Waals surface area contributed by atoms with Gasteiger partial charge in [-0.1, -0.05) is 194 Å². The van der Waals surface area contributed by atoms with Crippen LogP contribution in [0.3, 0.4) is 0 Å². The van der Waals surface area contributed by atoms with Gasteiger partial charge in [0.15, 0.2) is 0 Å². The van der Waals surface area contributed by atoms with E-state index in [2.05, 4.69) is 242 Å². The summed E-state index contributed by atoms with van der Waals surface area (Å²) in [6, 6.07) is 84.9. The second kappa shape index (κ2) is 13.5. The number of fused-ring (bicyclic) bond motifs is 6. The van der Waals surface area contributed by atoms with Gasteiger partial charge < -0.3 is 4.90 Å². The SMILES string of the molecule is CC1(c2ccccc2)c2ccccc2-c2ccc(-c3ccc(N(c4ccccc4)c4cccc5c4-c4ccccc4C5(c4ccccc4)c4ccccc4)cc3)cc21. The Morgan fingerprint density at radius 2 is 0.810 bits per heavy atom. The molecule has 0 radical (unpaired) electrons. The molecule has 1 unspecified atom stereocenters. The normalized spacial score (nSPS) is 15.5. The molecule has 1 atom stereocenters. The summed E-state index contributed by atoms with van der Waals surface area (Å²) in [7, 11) is 0. The molecule has 9 aromatic rings. The number of hydrogen-bond donors (Lipinski definition) is 0. The Bertz CT molecular complexity index is 2890. The molecule has 11 rings (SSSR count). The summed E-state index contributed by atoms with van der Waals surface area (Å²) in [5.74, 6) is 0. The molecule has 1 heteroatoms. The molecule has 0 saturated carbocycles. The summed E-state index contributed by atoms with van der Waals surface area (Å²) in [5.41, 5.74) is 19.4. The first-order valence-electron chi connectivity index (χ1n) is 20.3. The minimum atomic E-state index is -0.474. The Morgan fingerprint density at radius 1 is 0.328 bits per heavy atom. The van der Waals surface area contributed by atoms with Crippen molar-refractivity contribution < 1.29 is 0 Å². The Labute approximate surface area is 341 Å². The van der Waals surface area contributed by atoms with Crippen LogP contribution in [0.4, 0.5) is 17.1 Å². The molecular weight excluding hydrogens is 699 g/mol. The molecule has 274 valence electrons. The van der Waals surface area contributed by atoms with E-state index in [0.717, 1.165) is 17.1 Å². The van der Waals surface area contributed by atoms with Gasteiger partial charge >= 0.3 is 0 Å². The predicted molar refractivity (Wildman–Crippen MR) is 241 cm³/mol. The maximum atomic E-state index is 2.44. The lowest BCUT2D eigenvalue weighted by molar-refractivity contribution is 0.714. The summed E-state index contributed by atoms with van der Waals surface area (Å²) in [6.45, 7) is 2.39. The predicted octanol–water partition coefficient (Wildman–Crippen LogP) is 14.5. The van der Waals surface area contributed by atoms with Crippen molar-refractivity contribution in [2.75, 3.05) is 4.90 Å². The van der Waals surface area contributed by atoms with Crippen LogP contribution < -0.4 is 4.90 Å². The summed E-state index contributed by atoms with van der Waals surface area (Å²) in [6.07, 6.45) is 0. The van der Waals surface area contributed by atoms with Crippen molar-refractivity contribution in [2.24, 2.45) is 0 Å². The first-order chi connectivity index (χ1) is 28.7. The molecule has 9 aromatic carbocycles. The quantitative estimate of drug-likeness (QED) is 0.157. The van der Waals surface area contributed by atoms with Crippen LogP contribution in [0.2, 0.25) is 0 Å². The highest BCUT2D eigenvalue weighted by molar-refractivity contribution is 5.97. The fraction of sp³-hybridized carbons (Fsp3) is 0.0526. The molecule has 1 nitrogen and oxygen atoms in total. The van der Waals surface area contributed by atoms with Crippen molar-refractivity contribution in [3.05, 3.63) is 269 Å². The molecule has 0 fully saturated rings. The van der Waals surface area contributed by atoms with Crippen LogP contribution in [0, 0.1) is 0 Å². The van der Waals surface area contributed by atoms with E-state index in [0.29, 0.717) is 0 Å². The second-order valence-electron chi connectivity index (χ2n) is 15.7. The molecule has 0 amide bonds. The summed E-state index contributed by atoms with van der Waals surface area (Å²) in [4.78, 5) is 2.44. The fourth-order valence-corrected chi connectivity index (χ4v) is 10.2. The van der Waals surface area contributed by atoms with E-state index in [1.54, 1.807) is 0 Å². The van der Waals surface area contributed by atoms with E-state index in [1.807, 2.05) is 0 Å². The van der Waals surface area contributed by atoms with E-state index in [1.165, 1.54) is 72.3 Å². The van der Waals surface area contributed by atoms with Crippen molar-refractivity contribution in [3.63, 3.8) is 0 Å². The largest absolute Gasteiger partial charge is 0.310 e. The van der Waals surface area contributed by atoms with Gasteiger partial charge in [-0.3, -0.25) is 0 Å². The number of nitrogens with zero attached hydrogens (tertiary/aromatic N) is 1. The van der Waals surface area contributed by atoms with Gasteiger partial charge in [-0.15, -0.1) is 0 Å². The van der Waals surface area contributed by atoms with Crippen molar-refractivity contribution >= 4 is 17.1 Å². The van der Waals surface area contributed by atoms with E-state index in [-0.39, 0.29) is 5.41 Å². The molecule has 0 aliphatic heterocycles. The summed E-state index contributed by atoms with van der Waals surface area (Å²) in [5, 5.41) is 0. The third-order valence-corrected chi connectivity index (χ3v) is 12.8. The summed E-state index contributed by atoms with van der Waals surface area (Å²) < 4.78 is 0. The van der Waals surface area contributed by atoms with Crippen molar-refractivity contribution in [1.29, 1.82) is 0 Å². The highest BCUT2D eigenvalue weighted by atomic mass is 15.1. The maximum absolute atomic E-state index is 2.44. The minimum absolute atomic E-state index is 0.244. The van der Waals surface area contributed by atoms with Gasteiger partial charge in [-0.2, -0.15) is 0 Å². The average molecular weight is 740 g/mol. The lowest BCUT2D eigenvalue weighted by Crippen LogP contribution is -2.28. The van der Waals surface area contributed by atoms with E-state index in [9.17, 15) is 0 Å². The number of para-hydroxylation sites is 1. The third kappa shape index (κ3) is 4.96. The van der Waals surface area contributed by atoms with Gasteiger partial charge in [0, 0.05) is 22.4 Å². The van der Waals surface area contributed by atoms with Gasteiger partial charge in [-0.05, 0) is 110 Å². The average Bonchev–Trinajstić information content (AvgIpc) is 3.76. The Balaban J connectivity index is 1.07. The fourth-order valence-electron chi connectivity index (χ4n) is 10.2. The molecule has 0 aromatic heterocycles. The van der Waals surface area contributed by atoms with E-state index < -0.39 is 5.41 Å². The first kappa shape index (κ1) is 34.1.